The Kier molecular flexibility index (Phi) is 44.5. The van der Waals surface area contributed by atoms with E-state index in [2.05, 4.69) is 69.4 Å². The van der Waals surface area contributed by atoms with E-state index in [9.17, 15) is 14.4 Å². The Morgan fingerprint density at radius 3 is 1.21 bits per heavy atom. The quantitative estimate of drug-likeness (QED) is 0.0264. The number of carbonyl (C=O) groups excluding carboxylic acids is 3. The highest BCUT2D eigenvalue weighted by atomic mass is 16.6. The van der Waals surface area contributed by atoms with Crippen LogP contribution in [0.1, 0.15) is 233 Å². The van der Waals surface area contributed by atoms with Gasteiger partial charge in [-0.1, -0.05) is 216 Å². The maximum Gasteiger partial charge on any atom is 0.309 e. The molecule has 0 bridgehead atoms. The van der Waals surface area contributed by atoms with Crippen LogP contribution in [0.15, 0.2) is 60.8 Å². The molecule has 0 N–H and O–H groups in total. The minimum absolute atomic E-state index is 0.103. The van der Waals surface area contributed by atoms with Gasteiger partial charge in [-0.2, -0.15) is 0 Å². The molecular weight excluding hydrogens is 721 g/mol. The van der Waals surface area contributed by atoms with Crippen molar-refractivity contribution in [1.82, 2.24) is 0 Å². The predicted molar refractivity (Wildman–Crippen MR) is 247 cm³/mol. The summed E-state index contributed by atoms with van der Waals surface area (Å²) in [4.78, 5) is 37.7. The third-order valence-electron chi connectivity index (χ3n) is 10.3. The second-order valence-corrected chi connectivity index (χ2v) is 16.0. The second-order valence-electron chi connectivity index (χ2n) is 16.0. The van der Waals surface area contributed by atoms with Gasteiger partial charge in [0, 0.05) is 12.8 Å². The Hall–Kier alpha value is -2.89. The average molecular weight is 811 g/mol. The van der Waals surface area contributed by atoms with E-state index < -0.39 is 12.1 Å². The summed E-state index contributed by atoms with van der Waals surface area (Å²) in [6.07, 6.45) is 56.7. The van der Waals surface area contributed by atoms with Crippen LogP contribution in [0.25, 0.3) is 0 Å². The van der Waals surface area contributed by atoms with Crippen LogP contribution in [-0.4, -0.2) is 37.2 Å². The van der Waals surface area contributed by atoms with Gasteiger partial charge < -0.3 is 14.2 Å². The highest BCUT2D eigenvalue weighted by Crippen LogP contribution is 2.15. The Bertz CT molecular complexity index is 1070. The third kappa shape index (κ3) is 44.2. The van der Waals surface area contributed by atoms with Crippen LogP contribution in [0.5, 0.6) is 0 Å². The minimum atomic E-state index is -0.809. The molecule has 0 saturated heterocycles. The summed E-state index contributed by atoms with van der Waals surface area (Å²) in [5, 5.41) is 0. The fourth-order valence-electron chi connectivity index (χ4n) is 6.72. The number of ether oxygens (including phenoxy) is 3. The normalized spacial score (nSPS) is 12.5. The lowest BCUT2D eigenvalue weighted by molar-refractivity contribution is -0.166. The zero-order valence-corrected chi connectivity index (χ0v) is 38.0. The largest absolute Gasteiger partial charge is 0.462 e. The molecule has 0 fully saturated rings. The first-order valence-electron chi connectivity index (χ1n) is 24.3. The smallest absolute Gasteiger partial charge is 0.309 e. The molecule has 0 spiro atoms. The van der Waals surface area contributed by atoms with Gasteiger partial charge in [0.2, 0.25) is 0 Å². The van der Waals surface area contributed by atoms with Gasteiger partial charge in [-0.15, -0.1) is 0 Å². The van der Waals surface area contributed by atoms with E-state index in [1.807, 2.05) is 6.08 Å². The fourth-order valence-corrected chi connectivity index (χ4v) is 6.72. The SMILES string of the molecule is CC/C=C\C/C=C\C/C=C\CC(=O)OCC(COC(=O)CCCCCCCCCCCCCCCCCCC)OC(=O)CCCCCCCCC/C=C\C/C=C\CC. The van der Waals surface area contributed by atoms with Crippen LogP contribution in [0.4, 0.5) is 0 Å². The van der Waals surface area contributed by atoms with E-state index >= 15 is 0 Å². The first-order valence-corrected chi connectivity index (χ1v) is 24.3. The van der Waals surface area contributed by atoms with E-state index in [4.69, 9.17) is 14.2 Å². The molecule has 0 amide bonds. The average Bonchev–Trinajstić information content (AvgIpc) is 3.22. The molecule has 0 aliphatic rings. The van der Waals surface area contributed by atoms with E-state index in [-0.39, 0.29) is 31.6 Å². The Labute approximate surface area is 358 Å². The molecule has 0 aliphatic carbocycles. The lowest BCUT2D eigenvalue weighted by Crippen LogP contribution is -2.30. The van der Waals surface area contributed by atoms with E-state index in [1.54, 1.807) is 6.08 Å². The first kappa shape index (κ1) is 55.1. The van der Waals surface area contributed by atoms with Crippen LogP contribution in [0, 0.1) is 0 Å². The van der Waals surface area contributed by atoms with Gasteiger partial charge in [0.15, 0.2) is 6.10 Å². The summed E-state index contributed by atoms with van der Waals surface area (Å²) < 4.78 is 16.6. The molecule has 0 saturated carbocycles. The first-order chi connectivity index (χ1) is 28.5. The molecule has 6 heteroatoms. The molecule has 58 heavy (non-hydrogen) atoms. The standard InChI is InChI=1S/C52H90O6/c1-4-7-10-13-16-19-21-23-25-26-27-29-30-33-36-39-42-45-51(54)57-48-49(47-56-50(53)44-41-38-35-32-18-15-12-9-6-3)58-52(55)46-43-40-37-34-31-28-24-22-20-17-14-11-8-5-2/h8-9,11-12,17-18,20,32,38,41,49H,4-7,10,13-16,19,21-31,33-37,39-40,42-48H2,1-3H3/b11-8-,12-9-,20-17-,32-18-,41-38-. The summed E-state index contributed by atoms with van der Waals surface area (Å²) >= 11 is 0. The Morgan fingerprint density at radius 2 is 0.741 bits per heavy atom. The second kappa shape index (κ2) is 46.8. The van der Waals surface area contributed by atoms with Crippen LogP contribution in [-0.2, 0) is 28.6 Å². The maximum atomic E-state index is 12.7. The van der Waals surface area contributed by atoms with Crippen molar-refractivity contribution < 1.29 is 28.6 Å². The Balaban J connectivity index is 4.36. The number of unbranched alkanes of at least 4 members (excludes halogenated alkanes) is 23. The van der Waals surface area contributed by atoms with Gasteiger partial charge in [-0.05, 0) is 57.8 Å². The van der Waals surface area contributed by atoms with E-state index in [0.29, 0.717) is 12.8 Å². The molecular formula is C52H90O6. The van der Waals surface area contributed by atoms with Crippen LogP contribution in [0.3, 0.4) is 0 Å². The highest BCUT2D eigenvalue weighted by molar-refractivity contribution is 5.72. The number of carbonyl (C=O) groups is 3. The number of allylic oxidation sites excluding steroid dienone is 9. The van der Waals surface area contributed by atoms with Gasteiger partial charge in [-0.3, -0.25) is 14.4 Å². The summed E-state index contributed by atoms with van der Waals surface area (Å²) in [5.74, 6) is -1.04. The molecule has 0 aromatic carbocycles. The molecule has 0 heterocycles. The van der Waals surface area contributed by atoms with Gasteiger partial charge in [0.1, 0.15) is 13.2 Å². The summed E-state index contributed by atoms with van der Waals surface area (Å²) in [7, 11) is 0. The van der Waals surface area contributed by atoms with Crippen molar-refractivity contribution in [2.45, 2.75) is 239 Å². The van der Waals surface area contributed by atoms with Crippen LogP contribution in [0.2, 0.25) is 0 Å². The van der Waals surface area contributed by atoms with Gasteiger partial charge in [0.25, 0.3) is 0 Å². The number of rotatable bonds is 43. The van der Waals surface area contributed by atoms with Gasteiger partial charge in [-0.25, -0.2) is 0 Å². The topological polar surface area (TPSA) is 78.9 Å². The van der Waals surface area contributed by atoms with Crippen molar-refractivity contribution in [3.63, 3.8) is 0 Å². The summed E-state index contributed by atoms with van der Waals surface area (Å²) in [6, 6.07) is 0. The van der Waals surface area contributed by atoms with Crippen molar-refractivity contribution >= 4 is 17.9 Å². The van der Waals surface area contributed by atoms with E-state index in [1.165, 1.54) is 116 Å². The van der Waals surface area contributed by atoms with Crippen molar-refractivity contribution in [3.05, 3.63) is 60.8 Å². The Morgan fingerprint density at radius 1 is 0.379 bits per heavy atom. The highest BCUT2D eigenvalue weighted by Gasteiger charge is 2.19. The molecule has 0 radical (unpaired) electrons. The zero-order valence-electron chi connectivity index (χ0n) is 38.0. The van der Waals surface area contributed by atoms with Crippen LogP contribution < -0.4 is 0 Å². The molecule has 1 unspecified atom stereocenters. The van der Waals surface area contributed by atoms with Crippen molar-refractivity contribution in [1.29, 1.82) is 0 Å². The van der Waals surface area contributed by atoms with Gasteiger partial charge >= 0.3 is 17.9 Å². The molecule has 1 atom stereocenters. The summed E-state index contributed by atoms with van der Waals surface area (Å²) in [5.41, 5.74) is 0. The lowest BCUT2D eigenvalue weighted by Gasteiger charge is -2.18. The number of hydrogen-bond donors (Lipinski definition) is 0. The number of hydrogen-bond acceptors (Lipinski definition) is 6. The molecule has 0 aliphatic heterocycles. The zero-order chi connectivity index (χ0) is 42.3. The third-order valence-corrected chi connectivity index (χ3v) is 10.3. The van der Waals surface area contributed by atoms with Gasteiger partial charge in [0.05, 0.1) is 6.42 Å². The number of esters is 3. The van der Waals surface area contributed by atoms with E-state index in [0.717, 1.165) is 77.0 Å². The van der Waals surface area contributed by atoms with Crippen LogP contribution >= 0.6 is 0 Å². The predicted octanol–water partition coefficient (Wildman–Crippen LogP) is 15.7. The summed E-state index contributed by atoms with van der Waals surface area (Å²) in [6.45, 7) is 6.32. The molecule has 0 rings (SSSR count). The monoisotopic (exact) mass is 811 g/mol. The van der Waals surface area contributed by atoms with Crippen molar-refractivity contribution in [2.24, 2.45) is 0 Å². The molecule has 0 aromatic rings. The maximum absolute atomic E-state index is 12.7. The lowest BCUT2D eigenvalue weighted by atomic mass is 10.0. The van der Waals surface area contributed by atoms with Crippen molar-refractivity contribution in [2.75, 3.05) is 13.2 Å². The molecule has 334 valence electrons. The molecule has 0 aromatic heterocycles. The minimum Gasteiger partial charge on any atom is -0.462 e. The van der Waals surface area contributed by atoms with Crippen molar-refractivity contribution in [3.8, 4) is 0 Å². The fraction of sp³-hybridized carbons (Fsp3) is 0.750. The molecule has 6 nitrogen and oxygen atoms in total.